The highest BCUT2D eigenvalue weighted by atomic mass is 16.5. The highest BCUT2D eigenvalue weighted by Gasteiger charge is 2.11. The lowest BCUT2D eigenvalue weighted by molar-refractivity contribution is 0.0996. The Hall–Kier alpha value is -3.48. The smallest absolute Gasteiger partial charge is 0.291 e. The summed E-state index contributed by atoms with van der Waals surface area (Å²) in [7, 11) is 1.62. The maximum absolute atomic E-state index is 12.1. The first-order valence-corrected chi connectivity index (χ1v) is 7.60. The van der Waals surface area contributed by atoms with Crippen molar-refractivity contribution >= 4 is 17.4 Å². The summed E-state index contributed by atoms with van der Waals surface area (Å²) in [5, 5.41) is 5.63. The van der Waals surface area contributed by atoms with Crippen LogP contribution in [0.4, 0.5) is 11.5 Å². The van der Waals surface area contributed by atoms with Crippen molar-refractivity contribution in [3.05, 3.63) is 76.5 Å². The fourth-order valence-corrected chi connectivity index (χ4v) is 2.21. The minimum absolute atomic E-state index is 0.140. The van der Waals surface area contributed by atoms with Crippen LogP contribution in [0.15, 0.2) is 64.0 Å². The average Bonchev–Trinajstić information content (AvgIpc) is 3.17. The molecule has 3 rings (SSSR count). The van der Waals surface area contributed by atoms with Gasteiger partial charge in [-0.1, -0.05) is 12.1 Å². The number of hydrogen-bond acceptors (Lipinski definition) is 5. The van der Waals surface area contributed by atoms with Crippen LogP contribution in [0.5, 0.6) is 5.75 Å². The summed E-state index contributed by atoms with van der Waals surface area (Å²) in [6.45, 7) is 0.540. The predicted octanol–water partition coefficient (Wildman–Crippen LogP) is 2.84. The van der Waals surface area contributed by atoms with Gasteiger partial charge in [0.1, 0.15) is 17.3 Å². The van der Waals surface area contributed by atoms with Crippen LogP contribution in [-0.2, 0) is 6.54 Å². The maximum Gasteiger partial charge on any atom is 0.291 e. The van der Waals surface area contributed by atoms with Gasteiger partial charge in [0.2, 0.25) is 0 Å². The van der Waals surface area contributed by atoms with E-state index >= 15 is 0 Å². The Labute approximate surface area is 143 Å². The third-order valence-corrected chi connectivity index (χ3v) is 3.54. The standard InChI is InChI=1S/C18H17N3O4/c1-24-13-6-4-12(5-7-13)11-19-16-9-8-14(17(22)21-16)20-18(23)15-3-2-10-25-15/h2-10H,11H2,1H3,(H,20,23)(H2,19,21,22). The Morgan fingerprint density at radius 2 is 1.96 bits per heavy atom. The average molecular weight is 339 g/mol. The van der Waals surface area contributed by atoms with Crippen molar-refractivity contribution < 1.29 is 13.9 Å². The van der Waals surface area contributed by atoms with Crippen molar-refractivity contribution in [1.82, 2.24) is 4.98 Å². The number of amides is 1. The zero-order valence-corrected chi connectivity index (χ0v) is 13.5. The van der Waals surface area contributed by atoms with Crippen LogP contribution in [0, 0.1) is 0 Å². The van der Waals surface area contributed by atoms with E-state index in [-0.39, 0.29) is 11.4 Å². The number of carbonyl (C=O) groups excluding carboxylic acids is 1. The second kappa shape index (κ2) is 7.39. The molecule has 25 heavy (non-hydrogen) atoms. The lowest BCUT2D eigenvalue weighted by atomic mass is 10.2. The zero-order chi connectivity index (χ0) is 17.6. The summed E-state index contributed by atoms with van der Waals surface area (Å²) in [4.78, 5) is 26.7. The van der Waals surface area contributed by atoms with Gasteiger partial charge in [0.15, 0.2) is 5.76 Å². The molecule has 0 unspecified atom stereocenters. The van der Waals surface area contributed by atoms with Crippen LogP contribution in [0.3, 0.4) is 0 Å². The van der Waals surface area contributed by atoms with E-state index in [0.717, 1.165) is 11.3 Å². The molecule has 0 atom stereocenters. The third kappa shape index (κ3) is 4.08. The van der Waals surface area contributed by atoms with Crippen molar-refractivity contribution in [2.45, 2.75) is 6.54 Å². The summed E-state index contributed by atoms with van der Waals surface area (Å²) in [6.07, 6.45) is 1.39. The number of rotatable bonds is 6. The summed E-state index contributed by atoms with van der Waals surface area (Å²) < 4.78 is 10.1. The molecule has 0 aliphatic rings. The van der Waals surface area contributed by atoms with Gasteiger partial charge in [-0.2, -0.15) is 0 Å². The lowest BCUT2D eigenvalue weighted by Crippen LogP contribution is -2.20. The first-order chi connectivity index (χ1) is 12.2. The van der Waals surface area contributed by atoms with Crippen LogP contribution in [0.1, 0.15) is 16.1 Å². The Bertz CT molecular complexity index is 899. The number of aromatic nitrogens is 1. The van der Waals surface area contributed by atoms with Crippen molar-refractivity contribution in [2.24, 2.45) is 0 Å². The maximum atomic E-state index is 12.1. The highest BCUT2D eigenvalue weighted by Crippen LogP contribution is 2.13. The summed E-state index contributed by atoms with van der Waals surface area (Å²) in [5.74, 6) is 1.00. The SMILES string of the molecule is COc1ccc(CNc2ccc(NC(=O)c3ccco3)c(=O)[nH]2)cc1. The Kier molecular flexibility index (Phi) is 4.84. The van der Waals surface area contributed by atoms with Crippen LogP contribution < -0.4 is 20.9 Å². The molecule has 0 saturated heterocycles. The number of nitrogens with one attached hydrogen (secondary N) is 3. The quantitative estimate of drug-likeness (QED) is 0.642. The van der Waals surface area contributed by atoms with E-state index in [0.29, 0.717) is 12.4 Å². The van der Waals surface area contributed by atoms with E-state index in [1.54, 1.807) is 19.2 Å². The van der Waals surface area contributed by atoms with E-state index in [9.17, 15) is 9.59 Å². The van der Waals surface area contributed by atoms with E-state index in [1.165, 1.54) is 18.4 Å². The minimum atomic E-state index is -0.477. The van der Waals surface area contributed by atoms with Gasteiger partial charge in [0.25, 0.3) is 11.5 Å². The second-order valence-corrected chi connectivity index (χ2v) is 5.25. The molecule has 0 bridgehead atoms. The number of pyridine rings is 1. The van der Waals surface area contributed by atoms with Gasteiger partial charge in [0.05, 0.1) is 13.4 Å². The fourth-order valence-electron chi connectivity index (χ4n) is 2.21. The van der Waals surface area contributed by atoms with Gasteiger partial charge >= 0.3 is 0 Å². The third-order valence-electron chi connectivity index (χ3n) is 3.54. The van der Waals surface area contributed by atoms with Crippen molar-refractivity contribution in [1.29, 1.82) is 0 Å². The highest BCUT2D eigenvalue weighted by molar-refractivity contribution is 6.02. The molecule has 0 spiro atoms. The molecule has 0 radical (unpaired) electrons. The Morgan fingerprint density at radius 1 is 1.16 bits per heavy atom. The molecule has 7 heteroatoms. The number of methoxy groups -OCH3 is 1. The number of benzene rings is 1. The number of H-pyrrole nitrogens is 1. The molecule has 0 aliphatic carbocycles. The minimum Gasteiger partial charge on any atom is -0.497 e. The molecule has 7 nitrogen and oxygen atoms in total. The van der Waals surface area contributed by atoms with Gasteiger partial charge in [-0.15, -0.1) is 0 Å². The first-order valence-electron chi connectivity index (χ1n) is 7.60. The van der Waals surface area contributed by atoms with Crippen molar-refractivity contribution in [2.75, 3.05) is 17.7 Å². The molecule has 2 aromatic heterocycles. The van der Waals surface area contributed by atoms with Crippen molar-refractivity contribution in [3.63, 3.8) is 0 Å². The lowest BCUT2D eigenvalue weighted by Gasteiger charge is -2.08. The molecule has 3 aromatic rings. The summed E-state index contributed by atoms with van der Waals surface area (Å²) in [6, 6.07) is 13.9. The molecule has 0 aliphatic heterocycles. The van der Waals surface area contributed by atoms with Crippen LogP contribution in [-0.4, -0.2) is 18.0 Å². The number of aromatic amines is 1. The van der Waals surface area contributed by atoms with E-state index in [4.69, 9.17) is 9.15 Å². The molecule has 0 saturated carbocycles. The number of ether oxygens (including phenoxy) is 1. The second-order valence-electron chi connectivity index (χ2n) is 5.25. The number of anilines is 2. The first kappa shape index (κ1) is 16.4. The molecule has 1 aromatic carbocycles. The molecular weight excluding hydrogens is 322 g/mol. The number of hydrogen-bond donors (Lipinski definition) is 3. The van der Waals surface area contributed by atoms with Gasteiger partial charge in [-0.3, -0.25) is 9.59 Å². The number of carbonyl (C=O) groups is 1. The summed E-state index contributed by atoms with van der Waals surface area (Å²) >= 11 is 0. The molecule has 128 valence electrons. The molecule has 3 N–H and O–H groups in total. The Morgan fingerprint density at radius 3 is 2.60 bits per heavy atom. The monoisotopic (exact) mass is 339 g/mol. The molecular formula is C18H17N3O4. The van der Waals surface area contributed by atoms with Gasteiger partial charge in [-0.25, -0.2) is 0 Å². The van der Waals surface area contributed by atoms with E-state index < -0.39 is 11.5 Å². The number of furan rings is 1. The Balaban J connectivity index is 1.63. The predicted molar refractivity (Wildman–Crippen MR) is 94.0 cm³/mol. The van der Waals surface area contributed by atoms with Gasteiger partial charge in [0, 0.05) is 6.54 Å². The largest absolute Gasteiger partial charge is 0.497 e. The van der Waals surface area contributed by atoms with Crippen LogP contribution in [0.25, 0.3) is 0 Å². The van der Waals surface area contributed by atoms with Gasteiger partial charge < -0.3 is 24.8 Å². The van der Waals surface area contributed by atoms with E-state index in [2.05, 4.69) is 15.6 Å². The van der Waals surface area contributed by atoms with Crippen LogP contribution >= 0.6 is 0 Å². The molecule has 1 amide bonds. The topological polar surface area (TPSA) is 96.4 Å². The molecule has 2 heterocycles. The van der Waals surface area contributed by atoms with Crippen LogP contribution in [0.2, 0.25) is 0 Å². The summed E-state index contributed by atoms with van der Waals surface area (Å²) in [5.41, 5.74) is 0.785. The molecule has 0 fully saturated rings. The zero-order valence-electron chi connectivity index (χ0n) is 13.5. The van der Waals surface area contributed by atoms with E-state index in [1.807, 2.05) is 24.3 Å². The fraction of sp³-hybridized carbons (Fsp3) is 0.111. The normalized spacial score (nSPS) is 10.3. The van der Waals surface area contributed by atoms with Crippen molar-refractivity contribution in [3.8, 4) is 5.75 Å². The van der Waals surface area contributed by atoms with Gasteiger partial charge in [-0.05, 0) is 42.0 Å².